The zero-order chi connectivity index (χ0) is 14.0. The molecule has 0 radical (unpaired) electrons. The number of carboxylic acid groups (broad SMARTS) is 1. The quantitative estimate of drug-likeness (QED) is 0.904. The Labute approximate surface area is 113 Å². The Morgan fingerprint density at radius 2 is 1.89 bits per heavy atom. The van der Waals surface area contributed by atoms with Crippen molar-refractivity contribution in [3.05, 3.63) is 29.3 Å². The molecule has 1 amide bonds. The van der Waals surface area contributed by atoms with Gasteiger partial charge in [-0.05, 0) is 24.0 Å². The first kappa shape index (κ1) is 13.6. The molecular formula is C15H19NO3. The van der Waals surface area contributed by atoms with Gasteiger partial charge < -0.3 is 10.0 Å². The highest BCUT2D eigenvalue weighted by Crippen LogP contribution is 2.32. The monoisotopic (exact) mass is 261 g/mol. The van der Waals surface area contributed by atoms with Crippen molar-refractivity contribution in [1.29, 1.82) is 0 Å². The number of aliphatic carboxylic acids is 1. The van der Waals surface area contributed by atoms with Crippen LogP contribution >= 0.6 is 0 Å². The van der Waals surface area contributed by atoms with Crippen LogP contribution in [0.2, 0.25) is 0 Å². The van der Waals surface area contributed by atoms with Gasteiger partial charge in [0.15, 0.2) is 0 Å². The van der Waals surface area contributed by atoms with Crippen LogP contribution in [0.5, 0.6) is 0 Å². The summed E-state index contributed by atoms with van der Waals surface area (Å²) in [5.74, 6) is -1.55. The SMILES string of the molecule is CCc1cccc(CC)c1N1CC(C(=O)O)CC1=O. The van der Waals surface area contributed by atoms with Gasteiger partial charge in [0, 0.05) is 18.7 Å². The molecule has 0 aliphatic carbocycles. The zero-order valence-electron chi connectivity index (χ0n) is 11.3. The van der Waals surface area contributed by atoms with Crippen molar-refractivity contribution in [3.8, 4) is 0 Å². The van der Waals surface area contributed by atoms with Crippen LogP contribution in [0.3, 0.4) is 0 Å². The molecule has 19 heavy (non-hydrogen) atoms. The molecule has 1 aromatic rings. The number of hydrogen-bond acceptors (Lipinski definition) is 2. The Kier molecular flexibility index (Phi) is 3.88. The second-order valence-electron chi connectivity index (χ2n) is 4.88. The fourth-order valence-corrected chi connectivity index (χ4v) is 2.65. The first-order valence-corrected chi connectivity index (χ1v) is 6.72. The average Bonchev–Trinajstić information content (AvgIpc) is 2.79. The molecule has 0 saturated carbocycles. The van der Waals surface area contributed by atoms with Crippen LogP contribution < -0.4 is 4.90 Å². The third-order valence-electron chi connectivity index (χ3n) is 3.71. The Bertz CT molecular complexity index is 488. The van der Waals surface area contributed by atoms with Gasteiger partial charge in [-0.1, -0.05) is 32.0 Å². The number of carboxylic acids is 1. The Morgan fingerprint density at radius 3 is 2.32 bits per heavy atom. The average molecular weight is 261 g/mol. The Hall–Kier alpha value is -1.84. The lowest BCUT2D eigenvalue weighted by atomic mass is 10.0. The maximum absolute atomic E-state index is 12.1. The summed E-state index contributed by atoms with van der Waals surface area (Å²) < 4.78 is 0. The van der Waals surface area contributed by atoms with Crippen molar-refractivity contribution in [2.24, 2.45) is 5.92 Å². The van der Waals surface area contributed by atoms with E-state index in [0.29, 0.717) is 0 Å². The number of rotatable bonds is 4. The van der Waals surface area contributed by atoms with E-state index in [1.54, 1.807) is 4.90 Å². The van der Waals surface area contributed by atoms with E-state index in [1.807, 2.05) is 32.0 Å². The van der Waals surface area contributed by atoms with Gasteiger partial charge in [-0.25, -0.2) is 0 Å². The van der Waals surface area contributed by atoms with E-state index < -0.39 is 11.9 Å². The molecule has 4 nitrogen and oxygen atoms in total. The summed E-state index contributed by atoms with van der Waals surface area (Å²) in [6, 6.07) is 6.02. The summed E-state index contributed by atoms with van der Waals surface area (Å²) in [5.41, 5.74) is 3.15. The van der Waals surface area contributed by atoms with E-state index in [0.717, 1.165) is 29.7 Å². The van der Waals surface area contributed by atoms with Crippen molar-refractivity contribution in [1.82, 2.24) is 0 Å². The van der Waals surface area contributed by atoms with Crippen LogP contribution in [0.25, 0.3) is 0 Å². The van der Waals surface area contributed by atoms with E-state index in [4.69, 9.17) is 5.11 Å². The van der Waals surface area contributed by atoms with Gasteiger partial charge >= 0.3 is 5.97 Å². The molecule has 1 saturated heterocycles. The number of hydrogen-bond donors (Lipinski definition) is 1. The maximum Gasteiger partial charge on any atom is 0.308 e. The lowest BCUT2D eigenvalue weighted by Crippen LogP contribution is -2.28. The van der Waals surface area contributed by atoms with Crippen LogP contribution in [0, 0.1) is 5.92 Å². The highest BCUT2D eigenvalue weighted by molar-refractivity contribution is 6.00. The molecular weight excluding hydrogens is 242 g/mol. The Morgan fingerprint density at radius 1 is 1.32 bits per heavy atom. The van der Waals surface area contributed by atoms with Gasteiger partial charge in [-0.15, -0.1) is 0 Å². The van der Waals surface area contributed by atoms with Crippen LogP contribution in [0.4, 0.5) is 5.69 Å². The number of para-hydroxylation sites is 1. The molecule has 1 aliphatic rings. The summed E-state index contributed by atoms with van der Waals surface area (Å²) in [5, 5.41) is 9.07. The molecule has 1 N–H and O–H groups in total. The molecule has 0 aromatic heterocycles. The summed E-state index contributed by atoms with van der Waals surface area (Å²) >= 11 is 0. The van der Waals surface area contributed by atoms with Gasteiger partial charge in [0.05, 0.1) is 5.92 Å². The van der Waals surface area contributed by atoms with E-state index in [-0.39, 0.29) is 18.9 Å². The topological polar surface area (TPSA) is 57.6 Å². The lowest BCUT2D eigenvalue weighted by molar-refractivity contribution is -0.141. The predicted molar refractivity (Wildman–Crippen MR) is 73.3 cm³/mol. The van der Waals surface area contributed by atoms with E-state index in [9.17, 15) is 9.59 Å². The van der Waals surface area contributed by atoms with Crippen LogP contribution in [-0.2, 0) is 22.4 Å². The second kappa shape index (κ2) is 5.43. The molecule has 1 fully saturated rings. The number of amides is 1. The number of carbonyl (C=O) groups excluding carboxylic acids is 1. The minimum absolute atomic E-state index is 0.0806. The van der Waals surface area contributed by atoms with Gasteiger partial charge in [-0.2, -0.15) is 0 Å². The summed E-state index contributed by atoms with van der Waals surface area (Å²) in [4.78, 5) is 24.8. The predicted octanol–water partition coefficient (Wildman–Crippen LogP) is 2.25. The standard InChI is InChI=1S/C15H19NO3/c1-3-10-6-5-7-11(4-2)14(10)16-9-12(15(18)19)8-13(16)17/h5-7,12H,3-4,8-9H2,1-2H3,(H,18,19). The summed E-state index contributed by atoms with van der Waals surface area (Å²) in [7, 11) is 0. The molecule has 2 rings (SSSR count). The third-order valence-corrected chi connectivity index (χ3v) is 3.71. The number of aryl methyl sites for hydroxylation is 2. The molecule has 1 atom stereocenters. The molecule has 1 aromatic carbocycles. The molecule has 102 valence electrons. The summed E-state index contributed by atoms with van der Waals surface area (Å²) in [6.45, 7) is 4.39. The van der Waals surface area contributed by atoms with Gasteiger partial charge in [0.1, 0.15) is 0 Å². The maximum atomic E-state index is 12.1. The first-order chi connectivity index (χ1) is 9.08. The Balaban J connectivity index is 2.41. The van der Waals surface area contributed by atoms with Crippen molar-refractivity contribution in [2.45, 2.75) is 33.1 Å². The third kappa shape index (κ3) is 2.48. The van der Waals surface area contributed by atoms with Crippen LogP contribution in [0.1, 0.15) is 31.4 Å². The largest absolute Gasteiger partial charge is 0.481 e. The van der Waals surface area contributed by atoms with E-state index >= 15 is 0 Å². The summed E-state index contributed by atoms with van der Waals surface area (Å²) in [6.07, 6.45) is 1.78. The minimum atomic E-state index is -0.886. The molecule has 0 bridgehead atoms. The number of benzene rings is 1. The number of nitrogens with zero attached hydrogens (tertiary/aromatic N) is 1. The fraction of sp³-hybridized carbons (Fsp3) is 0.467. The fourth-order valence-electron chi connectivity index (χ4n) is 2.65. The lowest BCUT2D eigenvalue weighted by Gasteiger charge is -2.23. The van der Waals surface area contributed by atoms with Crippen LogP contribution in [0.15, 0.2) is 18.2 Å². The van der Waals surface area contributed by atoms with Crippen molar-refractivity contribution in [2.75, 3.05) is 11.4 Å². The van der Waals surface area contributed by atoms with E-state index in [2.05, 4.69) is 0 Å². The number of anilines is 1. The molecule has 1 unspecified atom stereocenters. The minimum Gasteiger partial charge on any atom is -0.481 e. The number of carbonyl (C=O) groups is 2. The molecule has 1 aliphatic heterocycles. The van der Waals surface area contributed by atoms with Gasteiger partial charge in [0.25, 0.3) is 0 Å². The van der Waals surface area contributed by atoms with Gasteiger partial charge in [0.2, 0.25) is 5.91 Å². The zero-order valence-corrected chi connectivity index (χ0v) is 11.3. The molecule has 1 heterocycles. The molecule has 0 spiro atoms. The van der Waals surface area contributed by atoms with Crippen LogP contribution in [-0.4, -0.2) is 23.5 Å². The second-order valence-corrected chi connectivity index (χ2v) is 4.88. The van der Waals surface area contributed by atoms with Crippen molar-refractivity contribution in [3.63, 3.8) is 0 Å². The van der Waals surface area contributed by atoms with E-state index in [1.165, 1.54) is 0 Å². The highest BCUT2D eigenvalue weighted by Gasteiger charge is 2.36. The first-order valence-electron chi connectivity index (χ1n) is 6.72. The normalized spacial score (nSPS) is 18.9. The smallest absolute Gasteiger partial charge is 0.308 e. The molecule has 4 heteroatoms. The highest BCUT2D eigenvalue weighted by atomic mass is 16.4. The van der Waals surface area contributed by atoms with Crippen molar-refractivity contribution >= 4 is 17.6 Å². The van der Waals surface area contributed by atoms with Crippen molar-refractivity contribution < 1.29 is 14.7 Å². The van der Waals surface area contributed by atoms with Gasteiger partial charge in [-0.3, -0.25) is 9.59 Å².